The molecular formula is C2H4MgO3. The predicted molar refractivity (Wildman–Crippen MR) is 21.7 cm³/mol. The van der Waals surface area contributed by atoms with Gasteiger partial charge in [0.2, 0.25) is 6.29 Å². The standard InChI is InChI=1S/C2H2O3.Mg.2H/c3-1-2(4)5;;;/h1H,(H,4,5);;;/q;+2;2*-1. The summed E-state index contributed by atoms with van der Waals surface area (Å²) >= 11 is 0. The molecule has 4 heteroatoms. The van der Waals surface area contributed by atoms with Gasteiger partial charge in [-0.15, -0.1) is 0 Å². The molecule has 0 aromatic heterocycles. The Labute approximate surface area is 53.5 Å². The first-order valence-corrected chi connectivity index (χ1v) is 0.952. The quantitative estimate of drug-likeness (QED) is 0.264. The third kappa shape index (κ3) is 9.08. The molecule has 0 aliphatic heterocycles. The number of aldehydes is 1. The number of carboxylic acid groups (broad SMARTS) is 1. The average molecular weight is 100 g/mol. The van der Waals surface area contributed by atoms with Crippen molar-refractivity contribution in [3.63, 3.8) is 0 Å². The van der Waals surface area contributed by atoms with E-state index < -0.39 is 5.97 Å². The van der Waals surface area contributed by atoms with Gasteiger partial charge in [-0.2, -0.15) is 0 Å². The fourth-order valence-corrected chi connectivity index (χ4v) is 0. The van der Waals surface area contributed by atoms with Crippen molar-refractivity contribution in [1.82, 2.24) is 0 Å². The Morgan fingerprint density at radius 1 is 1.83 bits per heavy atom. The van der Waals surface area contributed by atoms with Crippen molar-refractivity contribution in [3.8, 4) is 0 Å². The van der Waals surface area contributed by atoms with Crippen LogP contribution in [-0.4, -0.2) is 40.4 Å². The van der Waals surface area contributed by atoms with E-state index in [1.54, 1.807) is 0 Å². The van der Waals surface area contributed by atoms with Gasteiger partial charge in [0.25, 0.3) is 0 Å². The minimum atomic E-state index is -1.43. The molecule has 1 N–H and O–H groups in total. The van der Waals surface area contributed by atoms with Gasteiger partial charge in [0.15, 0.2) is 0 Å². The largest absolute Gasteiger partial charge is 2.00 e. The number of carbonyl (C=O) groups excluding carboxylic acids is 1. The van der Waals surface area contributed by atoms with E-state index in [0.717, 1.165) is 0 Å². The van der Waals surface area contributed by atoms with Crippen LogP contribution >= 0.6 is 0 Å². The number of carboxylic acids is 1. The molecular weight excluding hydrogens is 96.3 g/mol. The SMILES string of the molecule is O=CC(=O)O.[H-].[H-].[Mg+2]. The fourth-order valence-electron chi connectivity index (χ4n) is 0. The van der Waals surface area contributed by atoms with Crippen LogP contribution in [0.5, 0.6) is 0 Å². The molecule has 0 unspecified atom stereocenters. The van der Waals surface area contributed by atoms with Gasteiger partial charge < -0.3 is 7.96 Å². The molecule has 0 aliphatic rings. The van der Waals surface area contributed by atoms with Crippen molar-refractivity contribution in [2.75, 3.05) is 0 Å². The molecule has 6 heavy (non-hydrogen) atoms. The van der Waals surface area contributed by atoms with Crippen molar-refractivity contribution in [2.24, 2.45) is 0 Å². The summed E-state index contributed by atoms with van der Waals surface area (Å²) in [6.45, 7) is 0. The molecule has 0 saturated heterocycles. The Bertz CT molecular complexity index is 66.3. The van der Waals surface area contributed by atoms with Crippen LogP contribution in [-0.2, 0) is 9.59 Å². The Morgan fingerprint density at radius 3 is 2.00 bits per heavy atom. The van der Waals surface area contributed by atoms with E-state index in [4.69, 9.17) is 14.7 Å². The minimum Gasteiger partial charge on any atom is -1.00 e. The van der Waals surface area contributed by atoms with Crippen molar-refractivity contribution >= 4 is 35.3 Å². The summed E-state index contributed by atoms with van der Waals surface area (Å²) in [6, 6.07) is 0. The molecule has 0 bridgehead atoms. The smallest absolute Gasteiger partial charge is 1.00 e. The Balaban J connectivity index is -0.0000000267. The zero-order valence-electron chi connectivity index (χ0n) is 5.05. The van der Waals surface area contributed by atoms with Crippen molar-refractivity contribution in [2.45, 2.75) is 0 Å². The number of carbonyl (C=O) groups is 2. The summed E-state index contributed by atoms with van der Waals surface area (Å²) in [6.07, 6.45) is -0.167. The van der Waals surface area contributed by atoms with Gasteiger partial charge in [0.1, 0.15) is 0 Å². The summed E-state index contributed by atoms with van der Waals surface area (Å²) < 4.78 is 0. The second-order valence-corrected chi connectivity index (χ2v) is 0.456. The number of hydrogen-bond acceptors (Lipinski definition) is 2. The topological polar surface area (TPSA) is 54.4 Å². The average Bonchev–Trinajstić information content (AvgIpc) is 1.38. The molecule has 0 heterocycles. The Kier molecular flexibility index (Phi) is 7.62. The van der Waals surface area contributed by atoms with E-state index >= 15 is 0 Å². The van der Waals surface area contributed by atoms with Gasteiger partial charge in [0, 0.05) is 0 Å². The predicted octanol–water partition coefficient (Wildman–Crippen LogP) is -0.886. The molecule has 0 fully saturated rings. The van der Waals surface area contributed by atoms with Crippen LogP contribution < -0.4 is 0 Å². The van der Waals surface area contributed by atoms with Crippen LogP contribution in [0.1, 0.15) is 2.85 Å². The normalized spacial score (nSPS) is 5.33. The van der Waals surface area contributed by atoms with Gasteiger partial charge in [-0.05, 0) is 0 Å². The van der Waals surface area contributed by atoms with E-state index in [2.05, 4.69) is 0 Å². The van der Waals surface area contributed by atoms with Crippen molar-refractivity contribution < 1.29 is 17.5 Å². The second-order valence-electron chi connectivity index (χ2n) is 0.456. The summed E-state index contributed by atoms with van der Waals surface area (Å²) in [5.74, 6) is -1.43. The van der Waals surface area contributed by atoms with Gasteiger partial charge >= 0.3 is 29.0 Å². The number of aliphatic carboxylic acids is 1. The monoisotopic (exact) mass is 100 g/mol. The van der Waals surface area contributed by atoms with Crippen LogP contribution in [0.15, 0.2) is 0 Å². The molecule has 0 saturated carbocycles. The molecule has 0 aromatic carbocycles. The number of hydrogen-bond donors (Lipinski definition) is 1. The Hall–Kier alpha value is -0.0938. The zero-order valence-corrected chi connectivity index (χ0v) is 4.46. The van der Waals surface area contributed by atoms with E-state index in [9.17, 15) is 0 Å². The van der Waals surface area contributed by atoms with Crippen LogP contribution in [0.2, 0.25) is 0 Å². The van der Waals surface area contributed by atoms with Crippen LogP contribution in [0.25, 0.3) is 0 Å². The van der Waals surface area contributed by atoms with E-state index in [1.807, 2.05) is 0 Å². The maximum absolute atomic E-state index is 9.00. The second kappa shape index (κ2) is 4.91. The molecule has 0 radical (unpaired) electrons. The Morgan fingerprint density at radius 2 is 2.00 bits per heavy atom. The minimum absolute atomic E-state index is 0. The first-order chi connectivity index (χ1) is 2.27. The van der Waals surface area contributed by atoms with E-state index in [1.165, 1.54) is 0 Å². The molecule has 0 rings (SSSR count). The van der Waals surface area contributed by atoms with E-state index in [0.29, 0.717) is 0 Å². The first-order valence-electron chi connectivity index (χ1n) is 0.952. The number of rotatable bonds is 1. The summed E-state index contributed by atoms with van der Waals surface area (Å²) in [7, 11) is 0. The molecule has 0 aromatic rings. The van der Waals surface area contributed by atoms with Crippen molar-refractivity contribution in [3.05, 3.63) is 0 Å². The maximum atomic E-state index is 9.00. The van der Waals surface area contributed by atoms with Crippen LogP contribution in [0, 0.1) is 0 Å². The summed E-state index contributed by atoms with van der Waals surface area (Å²) in [5.41, 5.74) is 0. The summed E-state index contributed by atoms with van der Waals surface area (Å²) in [5, 5.41) is 7.35. The molecule has 32 valence electrons. The molecule has 0 spiro atoms. The molecule has 0 atom stereocenters. The zero-order chi connectivity index (χ0) is 4.28. The van der Waals surface area contributed by atoms with Gasteiger partial charge in [-0.3, -0.25) is 4.79 Å². The van der Waals surface area contributed by atoms with E-state index in [-0.39, 0.29) is 32.2 Å². The third-order valence-electron chi connectivity index (χ3n) is 0.101. The van der Waals surface area contributed by atoms with Crippen LogP contribution in [0.4, 0.5) is 0 Å². The van der Waals surface area contributed by atoms with Gasteiger partial charge in [-0.25, -0.2) is 4.79 Å². The molecule has 3 nitrogen and oxygen atoms in total. The van der Waals surface area contributed by atoms with Gasteiger partial charge in [0.05, 0.1) is 0 Å². The van der Waals surface area contributed by atoms with Crippen molar-refractivity contribution in [1.29, 1.82) is 0 Å². The fraction of sp³-hybridized carbons (Fsp3) is 0. The van der Waals surface area contributed by atoms with Gasteiger partial charge in [-0.1, -0.05) is 0 Å². The van der Waals surface area contributed by atoms with Crippen LogP contribution in [0.3, 0.4) is 0 Å². The first kappa shape index (κ1) is 9.32. The third-order valence-corrected chi connectivity index (χ3v) is 0.101. The molecule has 0 aliphatic carbocycles. The molecule has 0 amide bonds. The summed E-state index contributed by atoms with van der Waals surface area (Å²) in [4.78, 5) is 17.9. The maximum Gasteiger partial charge on any atom is 2.00 e.